The number of nitro benzene ring substituents is 1. The molecule has 0 amide bonds. The average molecular weight is 381 g/mol. The summed E-state index contributed by atoms with van der Waals surface area (Å²) in [6.45, 7) is 0.853. The molecule has 1 heterocycles. The zero-order valence-corrected chi connectivity index (χ0v) is 14.4. The summed E-state index contributed by atoms with van der Waals surface area (Å²) in [5.41, 5.74) is 0.300. The van der Waals surface area contributed by atoms with Gasteiger partial charge in [-0.3, -0.25) is 10.1 Å². The van der Waals surface area contributed by atoms with E-state index in [0.717, 1.165) is 6.07 Å². The Kier molecular flexibility index (Phi) is 5.16. The Morgan fingerprint density at radius 1 is 1.12 bits per heavy atom. The molecule has 10 heteroatoms. The maximum atomic E-state index is 13.1. The highest BCUT2D eigenvalue weighted by Gasteiger charge is 2.30. The van der Waals surface area contributed by atoms with Crippen LogP contribution in [0.2, 0.25) is 0 Å². The molecule has 0 bridgehead atoms. The summed E-state index contributed by atoms with van der Waals surface area (Å²) in [5, 5.41) is 14.0. The van der Waals surface area contributed by atoms with Crippen molar-refractivity contribution in [2.75, 3.05) is 31.6 Å². The van der Waals surface area contributed by atoms with Crippen LogP contribution < -0.4 is 5.32 Å². The van der Waals surface area contributed by atoms with Crippen LogP contribution in [0, 0.1) is 15.9 Å². The molecule has 8 nitrogen and oxygen atoms in total. The van der Waals surface area contributed by atoms with E-state index < -0.39 is 20.8 Å². The predicted octanol–water partition coefficient (Wildman–Crippen LogP) is 2.50. The lowest BCUT2D eigenvalue weighted by molar-refractivity contribution is -0.385. The van der Waals surface area contributed by atoms with E-state index in [9.17, 15) is 22.9 Å². The standard InChI is InChI=1S/C16H16FN3O5S/c17-12-1-3-13(4-2-12)18-15-6-5-14(20(21)22)11-16(15)26(23,24)19-7-9-25-10-8-19/h1-6,11,18H,7-10H2. The molecule has 0 saturated carbocycles. The quantitative estimate of drug-likeness (QED) is 0.631. The minimum Gasteiger partial charge on any atom is -0.379 e. The third kappa shape index (κ3) is 3.82. The van der Waals surface area contributed by atoms with Gasteiger partial charge in [0, 0.05) is 30.9 Å². The number of nitrogens with zero attached hydrogens (tertiary/aromatic N) is 2. The van der Waals surface area contributed by atoms with Gasteiger partial charge in [0.15, 0.2) is 0 Å². The van der Waals surface area contributed by atoms with Gasteiger partial charge in [0.25, 0.3) is 5.69 Å². The Morgan fingerprint density at radius 2 is 1.77 bits per heavy atom. The molecule has 1 aliphatic rings. The molecule has 1 fully saturated rings. The Bertz CT molecular complexity index is 912. The first-order chi connectivity index (χ1) is 12.4. The van der Waals surface area contributed by atoms with Crippen LogP contribution in [0.15, 0.2) is 47.4 Å². The first-order valence-electron chi connectivity index (χ1n) is 7.77. The van der Waals surface area contributed by atoms with Crippen molar-refractivity contribution in [2.45, 2.75) is 4.90 Å². The average Bonchev–Trinajstić information content (AvgIpc) is 2.64. The summed E-state index contributed by atoms with van der Waals surface area (Å²) in [7, 11) is -3.96. The van der Waals surface area contributed by atoms with Gasteiger partial charge in [-0.05, 0) is 30.3 Å². The SMILES string of the molecule is O=[N+]([O-])c1ccc(Nc2ccc(F)cc2)c(S(=O)(=O)N2CCOCC2)c1. The molecule has 0 unspecified atom stereocenters. The number of hydrogen-bond acceptors (Lipinski definition) is 6. The number of sulfonamides is 1. The second kappa shape index (κ2) is 7.36. The number of nitrogens with one attached hydrogen (secondary N) is 1. The second-order valence-corrected chi connectivity index (χ2v) is 7.49. The van der Waals surface area contributed by atoms with Crippen LogP contribution in [0.4, 0.5) is 21.5 Å². The van der Waals surface area contributed by atoms with Gasteiger partial charge in [-0.25, -0.2) is 12.8 Å². The molecule has 0 atom stereocenters. The van der Waals surface area contributed by atoms with Crippen molar-refractivity contribution in [3.63, 3.8) is 0 Å². The Balaban J connectivity index is 2.03. The lowest BCUT2D eigenvalue weighted by Crippen LogP contribution is -2.40. The summed E-state index contributed by atoms with van der Waals surface area (Å²) in [6, 6.07) is 8.91. The van der Waals surface area contributed by atoms with Crippen molar-refractivity contribution >= 4 is 27.1 Å². The Labute approximate surface area is 149 Å². The largest absolute Gasteiger partial charge is 0.379 e. The zero-order valence-electron chi connectivity index (χ0n) is 13.6. The minimum absolute atomic E-state index is 0.168. The number of non-ortho nitro benzene ring substituents is 1. The number of ether oxygens (including phenoxy) is 1. The number of rotatable bonds is 5. The summed E-state index contributed by atoms with van der Waals surface area (Å²) < 4.78 is 45.4. The van der Waals surface area contributed by atoms with Crippen molar-refractivity contribution in [3.05, 3.63) is 58.4 Å². The van der Waals surface area contributed by atoms with Crippen molar-refractivity contribution in [3.8, 4) is 0 Å². The van der Waals surface area contributed by atoms with Gasteiger partial charge < -0.3 is 10.1 Å². The van der Waals surface area contributed by atoms with Gasteiger partial charge in [0.2, 0.25) is 10.0 Å². The molecule has 2 aromatic rings. The fraction of sp³-hybridized carbons (Fsp3) is 0.250. The molecule has 2 aromatic carbocycles. The van der Waals surface area contributed by atoms with E-state index in [-0.39, 0.29) is 42.6 Å². The summed E-state index contributed by atoms with van der Waals surface area (Å²) in [5.74, 6) is -0.430. The van der Waals surface area contributed by atoms with Crippen LogP contribution in [-0.2, 0) is 14.8 Å². The lowest BCUT2D eigenvalue weighted by atomic mass is 10.2. The minimum atomic E-state index is -3.96. The molecule has 1 saturated heterocycles. The number of benzene rings is 2. The van der Waals surface area contributed by atoms with E-state index in [1.807, 2.05) is 0 Å². The van der Waals surface area contributed by atoms with Gasteiger partial charge in [-0.2, -0.15) is 4.31 Å². The van der Waals surface area contributed by atoms with Gasteiger partial charge in [-0.15, -0.1) is 0 Å². The molecule has 0 aromatic heterocycles. The predicted molar refractivity (Wildman–Crippen MR) is 92.4 cm³/mol. The molecule has 0 aliphatic carbocycles. The fourth-order valence-electron chi connectivity index (χ4n) is 2.56. The van der Waals surface area contributed by atoms with Gasteiger partial charge in [0.1, 0.15) is 10.7 Å². The molecule has 138 valence electrons. The fourth-order valence-corrected chi connectivity index (χ4v) is 4.13. The van der Waals surface area contributed by atoms with Gasteiger partial charge in [0.05, 0.1) is 23.8 Å². The first kappa shape index (κ1) is 18.2. The monoisotopic (exact) mass is 381 g/mol. The highest BCUT2D eigenvalue weighted by molar-refractivity contribution is 7.89. The van der Waals surface area contributed by atoms with E-state index >= 15 is 0 Å². The number of morpholine rings is 1. The maximum absolute atomic E-state index is 13.1. The Morgan fingerprint density at radius 3 is 2.38 bits per heavy atom. The highest BCUT2D eigenvalue weighted by Crippen LogP contribution is 2.31. The van der Waals surface area contributed by atoms with Crippen LogP contribution >= 0.6 is 0 Å². The van der Waals surface area contributed by atoms with Crippen LogP contribution in [-0.4, -0.2) is 43.9 Å². The normalized spacial score (nSPS) is 15.6. The van der Waals surface area contributed by atoms with E-state index in [2.05, 4.69) is 5.32 Å². The first-order valence-corrected chi connectivity index (χ1v) is 9.21. The second-order valence-electron chi connectivity index (χ2n) is 5.59. The molecule has 3 rings (SSSR count). The molecule has 0 spiro atoms. The number of anilines is 2. The highest BCUT2D eigenvalue weighted by atomic mass is 32.2. The van der Waals surface area contributed by atoms with Crippen LogP contribution in [0.5, 0.6) is 0 Å². The van der Waals surface area contributed by atoms with E-state index in [1.54, 1.807) is 0 Å². The number of nitro groups is 1. The molecule has 1 N–H and O–H groups in total. The molecule has 26 heavy (non-hydrogen) atoms. The maximum Gasteiger partial charge on any atom is 0.270 e. The smallest absolute Gasteiger partial charge is 0.270 e. The molecule has 0 radical (unpaired) electrons. The van der Waals surface area contributed by atoms with Crippen molar-refractivity contribution in [2.24, 2.45) is 0 Å². The number of hydrogen-bond donors (Lipinski definition) is 1. The Hall–Kier alpha value is -2.56. The lowest BCUT2D eigenvalue weighted by Gasteiger charge is -2.27. The summed E-state index contributed by atoms with van der Waals surface area (Å²) in [4.78, 5) is 10.2. The van der Waals surface area contributed by atoms with E-state index in [0.29, 0.717) is 5.69 Å². The van der Waals surface area contributed by atoms with Gasteiger partial charge >= 0.3 is 0 Å². The summed E-state index contributed by atoms with van der Waals surface area (Å²) >= 11 is 0. The van der Waals surface area contributed by atoms with E-state index in [1.165, 1.54) is 40.7 Å². The zero-order chi connectivity index (χ0) is 18.7. The summed E-state index contributed by atoms with van der Waals surface area (Å²) in [6.07, 6.45) is 0. The van der Waals surface area contributed by atoms with Crippen molar-refractivity contribution in [1.82, 2.24) is 4.31 Å². The number of halogens is 1. The molecular formula is C16H16FN3O5S. The molecule has 1 aliphatic heterocycles. The third-order valence-electron chi connectivity index (χ3n) is 3.89. The van der Waals surface area contributed by atoms with Crippen LogP contribution in [0.1, 0.15) is 0 Å². The van der Waals surface area contributed by atoms with Crippen LogP contribution in [0.3, 0.4) is 0 Å². The van der Waals surface area contributed by atoms with Crippen molar-refractivity contribution in [1.29, 1.82) is 0 Å². The molecular weight excluding hydrogens is 365 g/mol. The van der Waals surface area contributed by atoms with Crippen molar-refractivity contribution < 1.29 is 22.5 Å². The third-order valence-corrected chi connectivity index (χ3v) is 5.83. The topological polar surface area (TPSA) is 102 Å². The van der Waals surface area contributed by atoms with Gasteiger partial charge in [-0.1, -0.05) is 0 Å². The van der Waals surface area contributed by atoms with Crippen LogP contribution in [0.25, 0.3) is 0 Å². The van der Waals surface area contributed by atoms with E-state index in [4.69, 9.17) is 4.74 Å².